The minimum atomic E-state index is -1.04. The lowest BCUT2D eigenvalue weighted by molar-refractivity contribution is -0.0318. The van der Waals surface area contributed by atoms with E-state index in [1.54, 1.807) is 0 Å². The Hall–Kier alpha value is -1.57. The number of hydrogen-bond donors (Lipinski definition) is 2. The molecule has 2 rings (SSSR count). The maximum atomic E-state index is 11.0. The van der Waals surface area contributed by atoms with Gasteiger partial charge in [-0.3, -0.25) is 4.90 Å². The van der Waals surface area contributed by atoms with Crippen LogP contribution < -0.4 is 0 Å². The molecule has 0 aromatic carbocycles. The smallest absolute Gasteiger partial charge is 0.339 e. The molecule has 1 aliphatic rings. The summed E-state index contributed by atoms with van der Waals surface area (Å²) in [6.07, 6.45) is 2.62. The Balaban J connectivity index is 2.15. The number of carboxylic acids is 1. The van der Waals surface area contributed by atoms with Gasteiger partial charge in [-0.1, -0.05) is 0 Å². The Bertz CT molecular complexity index is 427. The maximum absolute atomic E-state index is 11.0. The van der Waals surface area contributed by atoms with Gasteiger partial charge in [-0.15, -0.1) is 0 Å². The van der Waals surface area contributed by atoms with Crippen LogP contribution in [0.15, 0.2) is 12.5 Å². The lowest BCUT2D eigenvalue weighted by atomic mass is 10.1. The zero-order chi connectivity index (χ0) is 13.0. The van der Waals surface area contributed by atoms with Crippen molar-refractivity contribution >= 4 is 5.97 Å². The predicted octanol–water partition coefficient (Wildman–Crippen LogP) is -0.632. The fourth-order valence-electron chi connectivity index (χ4n) is 1.92. The molecule has 0 radical (unpaired) electrons. The summed E-state index contributed by atoms with van der Waals surface area (Å²) in [5.74, 6) is -1.04. The van der Waals surface area contributed by atoms with Crippen molar-refractivity contribution in [2.75, 3.05) is 26.4 Å². The van der Waals surface area contributed by atoms with Crippen LogP contribution in [0.3, 0.4) is 0 Å². The van der Waals surface area contributed by atoms with Gasteiger partial charge in [0.2, 0.25) is 0 Å². The highest BCUT2D eigenvalue weighted by Crippen LogP contribution is 2.13. The molecule has 1 fully saturated rings. The van der Waals surface area contributed by atoms with Crippen molar-refractivity contribution < 1.29 is 19.7 Å². The third kappa shape index (κ3) is 2.81. The summed E-state index contributed by atoms with van der Waals surface area (Å²) in [6.45, 7) is 2.02. The number of aromatic carboxylic acids is 1. The molecule has 7 nitrogen and oxygen atoms in total. The summed E-state index contributed by atoms with van der Waals surface area (Å²) < 4.78 is 5.27. The van der Waals surface area contributed by atoms with Crippen LogP contribution in [0.1, 0.15) is 16.1 Å². The maximum Gasteiger partial charge on any atom is 0.339 e. The minimum absolute atomic E-state index is 0.0203. The summed E-state index contributed by atoms with van der Waals surface area (Å²) in [4.78, 5) is 20.7. The lowest BCUT2D eigenvalue weighted by Crippen LogP contribution is -2.47. The van der Waals surface area contributed by atoms with E-state index in [9.17, 15) is 9.90 Å². The first-order chi connectivity index (χ1) is 8.72. The summed E-state index contributed by atoms with van der Waals surface area (Å²) in [5, 5.41) is 18.3. The Kier molecular flexibility index (Phi) is 4.19. The van der Waals surface area contributed by atoms with Gasteiger partial charge in [0.25, 0.3) is 0 Å². The molecule has 2 N–H and O–H groups in total. The Morgan fingerprint density at radius 2 is 2.44 bits per heavy atom. The molecule has 1 aromatic rings. The van der Waals surface area contributed by atoms with Gasteiger partial charge in [0.1, 0.15) is 11.9 Å². The molecule has 7 heteroatoms. The Morgan fingerprint density at radius 3 is 3.17 bits per heavy atom. The number of carbonyl (C=O) groups is 1. The van der Waals surface area contributed by atoms with Crippen LogP contribution in [0.5, 0.6) is 0 Å². The van der Waals surface area contributed by atoms with E-state index < -0.39 is 5.97 Å². The molecule has 1 aliphatic heterocycles. The fraction of sp³-hybridized carbons (Fsp3) is 0.545. The molecule has 1 unspecified atom stereocenters. The standard InChI is InChI=1S/C11H15N3O4/c15-5-8-6-18-2-1-14(8)4-10-9(11(16)17)3-12-7-13-10/h3,7-8,15H,1-2,4-6H2,(H,16,17). The number of aromatic nitrogens is 2. The topological polar surface area (TPSA) is 95.8 Å². The van der Waals surface area contributed by atoms with Crippen molar-refractivity contribution in [2.45, 2.75) is 12.6 Å². The SMILES string of the molecule is O=C(O)c1cncnc1CN1CCOCC1CO. The molecule has 1 saturated heterocycles. The molecule has 0 saturated carbocycles. The molecule has 0 amide bonds. The molecule has 1 aromatic heterocycles. The normalized spacial score (nSPS) is 20.8. The Labute approximate surface area is 104 Å². The molecule has 98 valence electrons. The molecule has 0 bridgehead atoms. The highest BCUT2D eigenvalue weighted by atomic mass is 16.5. The van der Waals surface area contributed by atoms with Gasteiger partial charge in [-0.05, 0) is 0 Å². The van der Waals surface area contributed by atoms with Gasteiger partial charge >= 0.3 is 5.97 Å². The van der Waals surface area contributed by atoms with Crippen LogP contribution in [-0.4, -0.2) is 63.5 Å². The van der Waals surface area contributed by atoms with Crippen molar-refractivity contribution in [3.05, 3.63) is 23.8 Å². The molecule has 2 heterocycles. The summed E-state index contributed by atoms with van der Waals surface area (Å²) in [5.41, 5.74) is 0.554. The molecular formula is C11H15N3O4. The first-order valence-electron chi connectivity index (χ1n) is 5.67. The molecular weight excluding hydrogens is 238 g/mol. The van der Waals surface area contributed by atoms with Crippen molar-refractivity contribution in [1.29, 1.82) is 0 Å². The number of aliphatic hydroxyl groups excluding tert-OH is 1. The van der Waals surface area contributed by atoms with Crippen LogP contribution in [-0.2, 0) is 11.3 Å². The predicted molar refractivity (Wildman–Crippen MR) is 61.1 cm³/mol. The lowest BCUT2D eigenvalue weighted by Gasteiger charge is -2.34. The first-order valence-corrected chi connectivity index (χ1v) is 5.67. The Morgan fingerprint density at radius 1 is 1.61 bits per heavy atom. The number of morpholine rings is 1. The van der Waals surface area contributed by atoms with Gasteiger partial charge in [0, 0.05) is 19.3 Å². The second kappa shape index (κ2) is 5.85. The van der Waals surface area contributed by atoms with Crippen LogP contribution in [0.4, 0.5) is 0 Å². The van der Waals surface area contributed by atoms with Gasteiger partial charge in [-0.2, -0.15) is 0 Å². The average molecular weight is 253 g/mol. The molecule has 1 atom stereocenters. The van der Waals surface area contributed by atoms with E-state index in [1.807, 2.05) is 4.90 Å². The van der Waals surface area contributed by atoms with E-state index in [2.05, 4.69) is 9.97 Å². The van der Waals surface area contributed by atoms with Crippen LogP contribution in [0.2, 0.25) is 0 Å². The summed E-state index contributed by atoms with van der Waals surface area (Å²) in [6, 6.07) is -0.115. The minimum Gasteiger partial charge on any atom is -0.478 e. The van der Waals surface area contributed by atoms with E-state index >= 15 is 0 Å². The van der Waals surface area contributed by atoms with E-state index in [4.69, 9.17) is 9.84 Å². The van der Waals surface area contributed by atoms with Gasteiger partial charge in [0.05, 0.1) is 31.6 Å². The highest BCUT2D eigenvalue weighted by Gasteiger charge is 2.24. The van der Waals surface area contributed by atoms with Gasteiger partial charge in [-0.25, -0.2) is 14.8 Å². The zero-order valence-electron chi connectivity index (χ0n) is 9.82. The second-order valence-electron chi connectivity index (χ2n) is 4.07. The van der Waals surface area contributed by atoms with Gasteiger partial charge < -0.3 is 14.9 Å². The van der Waals surface area contributed by atoms with Gasteiger partial charge in [0.15, 0.2) is 0 Å². The average Bonchev–Trinajstić information content (AvgIpc) is 2.40. The number of rotatable bonds is 4. The monoisotopic (exact) mass is 253 g/mol. The van der Waals surface area contributed by atoms with Crippen molar-refractivity contribution in [3.8, 4) is 0 Å². The number of hydrogen-bond acceptors (Lipinski definition) is 6. The third-order valence-corrected chi connectivity index (χ3v) is 2.94. The van der Waals surface area contributed by atoms with Crippen LogP contribution in [0, 0.1) is 0 Å². The van der Waals surface area contributed by atoms with Crippen molar-refractivity contribution in [2.24, 2.45) is 0 Å². The highest BCUT2D eigenvalue weighted by molar-refractivity contribution is 5.88. The van der Waals surface area contributed by atoms with Crippen molar-refractivity contribution in [3.63, 3.8) is 0 Å². The number of ether oxygens (including phenoxy) is 1. The number of nitrogens with zero attached hydrogens (tertiary/aromatic N) is 3. The fourth-order valence-corrected chi connectivity index (χ4v) is 1.92. The first kappa shape index (κ1) is 12.9. The van der Waals surface area contributed by atoms with Crippen LogP contribution >= 0.6 is 0 Å². The van der Waals surface area contributed by atoms with Crippen molar-refractivity contribution in [1.82, 2.24) is 14.9 Å². The quantitative estimate of drug-likeness (QED) is 0.737. The van der Waals surface area contributed by atoms with E-state index in [1.165, 1.54) is 12.5 Å². The zero-order valence-corrected chi connectivity index (χ0v) is 9.82. The van der Waals surface area contributed by atoms with E-state index in [-0.39, 0.29) is 18.2 Å². The summed E-state index contributed by atoms with van der Waals surface area (Å²) >= 11 is 0. The number of aliphatic hydroxyl groups is 1. The molecule has 0 spiro atoms. The summed E-state index contributed by atoms with van der Waals surface area (Å²) in [7, 11) is 0. The second-order valence-corrected chi connectivity index (χ2v) is 4.07. The van der Waals surface area contributed by atoms with Crippen LogP contribution in [0.25, 0.3) is 0 Å². The van der Waals surface area contributed by atoms with E-state index in [0.29, 0.717) is 32.0 Å². The molecule has 18 heavy (non-hydrogen) atoms. The van der Waals surface area contributed by atoms with E-state index in [0.717, 1.165) is 0 Å². The molecule has 0 aliphatic carbocycles. The third-order valence-electron chi connectivity index (χ3n) is 2.94. The number of carboxylic acid groups (broad SMARTS) is 1. The largest absolute Gasteiger partial charge is 0.478 e.